The molecule has 0 aromatic heterocycles. The molecule has 1 heteroatoms. The Kier molecular flexibility index (Phi) is 7.82. The van der Waals surface area contributed by atoms with Gasteiger partial charge in [0.15, 0.2) is 0 Å². The molecule has 0 amide bonds. The molecule has 0 aliphatic carbocycles. The van der Waals surface area contributed by atoms with Gasteiger partial charge < -0.3 is 5.32 Å². The van der Waals surface area contributed by atoms with Crippen molar-refractivity contribution in [1.29, 1.82) is 0 Å². The van der Waals surface area contributed by atoms with Gasteiger partial charge in [0.1, 0.15) is 0 Å². The second kappa shape index (κ2) is 10.9. The van der Waals surface area contributed by atoms with Crippen LogP contribution in [0.3, 0.4) is 0 Å². The molecule has 23 heavy (non-hydrogen) atoms. The fraction of sp³-hybridized carbons (Fsp3) is 0.0909. The largest absolute Gasteiger partial charge is 0.385 e. The molecule has 0 heterocycles. The highest BCUT2D eigenvalue weighted by Crippen LogP contribution is 2.03. The Labute approximate surface area is 139 Å². The first-order chi connectivity index (χ1) is 11.4. The Bertz CT molecular complexity index is 581. The molecule has 0 atom stereocenters. The van der Waals surface area contributed by atoms with Gasteiger partial charge in [-0.25, -0.2) is 0 Å². The molecular weight excluding hydrogens is 278 g/mol. The molecule has 116 valence electrons. The summed E-state index contributed by atoms with van der Waals surface area (Å²) in [5.74, 6) is 0. The number of nitrogens with one attached hydrogen (secondary N) is 1. The third-order valence-corrected chi connectivity index (χ3v) is 3.25. The van der Waals surface area contributed by atoms with E-state index in [-0.39, 0.29) is 0 Å². The van der Waals surface area contributed by atoms with Gasteiger partial charge in [-0.1, -0.05) is 97.1 Å². The summed E-state index contributed by atoms with van der Waals surface area (Å²) < 4.78 is 0. The topological polar surface area (TPSA) is 12.0 Å². The molecule has 2 rings (SSSR count). The van der Waals surface area contributed by atoms with Gasteiger partial charge in [-0.3, -0.25) is 0 Å². The number of anilines is 1. The van der Waals surface area contributed by atoms with Crippen LogP contribution in [-0.2, 0) is 6.42 Å². The van der Waals surface area contributed by atoms with Gasteiger partial charge in [0.25, 0.3) is 0 Å². The minimum atomic E-state index is 0.896. The molecular formula is C22H23N. The maximum absolute atomic E-state index is 3.48. The van der Waals surface area contributed by atoms with Crippen LogP contribution in [0.1, 0.15) is 5.56 Å². The summed E-state index contributed by atoms with van der Waals surface area (Å²) in [5.41, 5.74) is 2.42. The molecule has 0 bridgehead atoms. The van der Waals surface area contributed by atoms with Crippen molar-refractivity contribution in [3.8, 4) is 0 Å². The summed E-state index contributed by atoms with van der Waals surface area (Å²) >= 11 is 0. The van der Waals surface area contributed by atoms with Crippen molar-refractivity contribution in [2.24, 2.45) is 0 Å². The van der Waals surface area contributed by atoms with Gasteiger partial charge in [-0.05, 0) is 24.1 Å². The number of hydrogen-bond donors (Lipinski definition) is 1. The minimum absolute atomic E-state index is 0.896. The van der Waals surface area contributed by atoms with Crippen LogP contribution in [0, 0.1) is 0 Å². The van der Waals surface area contributed by atoms with Gasteiger partial charge in [0, 0.05) is 12.2 Å². The summed E-state index contributed by atoms with van der Waals surface area (Å²) in [6.07, 6.45) is 0.975. The van der Waals surface area contributed by atoms with Crippen LogP contribution in [0.25, 0.3) is 0 Å². The summed E-state index contributed by atoms with van der Waals surface area (Å²) in [4.78, 5) is 0. The van der Waals surface area contributed by atoms with E-state index in [9.17, 15) is 0 Å². The van der Waals surface area contributed by atoms with E-state index in [0.29, 0.717) is 0 Å². The standard InChI is InChI=1S/C22H23N/c1-3-7-11-15-21(16-12-8-4-1)19-20-23-22-17-13-9-5-2-6-10-14-18-22/h1-18,23H,19-20H2. The first kappa shape index (κ1) is 16.6. The van der Waals surface area contributed by atoms with Gasteiger partial charge in [0.2, 0.25) is 0 Å². The Morgan fingerprint density at radius 3 is 1.35 bits per heavy atom. The van der Waals surface area contributed by atoms with E-state index in [0.717, 1.165) is 18.7 Å². The lowest BCUT2D eigenvalue weighted by Gasteiger charge is -2.04. The predicted molar refractivity (Wildman–Crippen MR) is 100 cm³/mol. The van der Waals surface area contributed by atoms with E-state index in [1.807, 2.05) is 72.8 Å². The van der Waals surface area contributed by atoms with Gasteiger partial charge in [0.05, 0.1) is 0 Å². The first-order valence-corrected chi connectivity index (χ1v) is 7.95. The monoisotopic (exact) mass is 301 g/mol. The smallest absolute Gasteiger partial charge is 0.0340 e. The second-order valence-electron chi connectivity index (χ2n) is 5.07. The molecule has 0 unspecified atom stereocenters. The van der Waals surface area contributed by atoms with Crippen molar-refractivity contribution in [2.75, 3.05) is 11.9 Å². The lowest BCUT2D eigenvalue weighted by Crippen LogP contribution is -2.03. The third kappa shape index (κ3) is 7.68. The van der Waals surface area contributed by atoms with Crippen LogP contribution in [0.5, 0.6) is 0 Å². The third-order valence-electron chi connectivity index (χ3n) is 3.25. The van der Waals surface area contributed by atoms with Crippen LogP contribution in [-0.4, -0.2) is 6.54 Å². The van der Waals surface area contributed by atoms with Crippen molar-refractivity contribution in [3.63, 3.8) is 0 Å². The van der Waals surface area contributed by atoms with Crippen molar-refractivity contribution < 1.29 is 0 Å². The SMILES string of the molecule is c1ccccc(CCNc2ccccccccc2)cccc1. The maximum Gasteiger partial charge on any atom is 0.0340 e. The molecule has 0 fully saturated rings. The summed E-state index contributed by atoms with van der Waals surface area (Å²) in [6, 6.07) is 37.1. The zero-order chi connectivity index (χ0) is 16.0. The quantitative estimate of drug-likeness (QED) is 0.776. The molecule has 0 radical (unpaired) electrons. The molecule has 0 saturated carbocycles. The Morgan fingerprint density at radius 2 is 0.870 bits per heavy atom. The molecule has 0 aliphatic rings. The van der Waals surface area contributed by atoms with Crippen molar-refractivity contribution in [1.82, 2.24) is 0 Å². The Morgan fingerprint density at radius 1 is 0.478 bits per heavy atom. The molecule has 2 aromatic rings. The average molecular weight is 301 g/mol. The molecule has 2 aromatic carbocycles. The van der Waals surface area contributed by atoms with Crippen LogP contribution >= 0.6 is 0 Å². The van der Waals surface area contributed by atoms with Crippen molar-refractivity contribution >= 4 is 5.69 Å². The van der Waals surface area contributed by atoms with Gasteiger partial charge >= 0.3 is 0 Å². The molecule has 0 saturated heterocycles. The van der Waals surface area contributed by atoms with Crippen molar-refractivity contribution in [2.45, 2.75) is 6.42 Å². The van der Waals surface area contributed by atoms with E-state index >= 15 is 0 Å². The zero-order valence-electron chi connectivity index (χ0n) is 13.3. The molecule has 0 spiro atoms. The summed E-state index contributed by atoms with van der Waals surface area (Å²) in [5, 5.41) is 3.48. The lowest BCUT2D eigenvalue weighted by atomic mass is 10.2. The fourth-order valence-electron chi connectivity index (χ4n) is 2.07. The zero-order valence-corrected chi connectivity index (χ0v) is 13.3. The van der Waals surface area contributed by atoms with Gasteiger partial charge in [-0.15, -0.1) is 0 Å². The minimum Gasteiger partial charge on any atom is -0.385 e. The number of hydrogen-bond acceptors (Lipinski definition) is 1. The van der Waals surface area contributed by atoms with Crippen molar-refractivity contribution in [3.05, 3.63) is 115 Å². The molecule has 1 N–H and O–H groups in total. The summed E-state index contributed by atoms with van der Waals surface area (Å²) in [7, 11) is 0. The Balaban J connectivity index is 2.03. The van der Waals surface area contributed by atoms with E-state index in [2.05, 4.69) is 41.7 Å². The molecule has 0 aliphatic heterocycles. The van der Waals surface area contributed by atoms with Crippen LogP contribution in [0.2, 0.25) is 0 Å². The van der Waals surface area contributed by atoms with E-state index in [1.165, 1.54) is 5.56 Å². The highest BCUT2D eigenvalue weighted by molar-refractivity contribution is 5.40. The van der Waals surface area contributed by atoms with E-state index in [1.54, 1.807) is 0 Å². The van der Waals surface area contributed by atoms with Crippen LogP contribution in [0.15, 0.2) is 109 Å². The van der Waals surface area contributed by atoms with Gasteiger partial charge in [-0.2, -0.15) is 0 Å². The second-order valence-corrected chi connectivity index (χ2v) is 5.07. The number of rotatable bonds is 4. The normalized spacial score (nSPS) is 9.22. The highest BCUT2D eigenvalue weighted by Gasteiger charge is 1.90. The summed E-state index contributed by atoms with van der Waals surface area (Å²) in [6.45, 7) is 0.896. The molecule has 1 nitrogen and oxygen atoms in total. The Hall–Kier alpha value is -2.80. The van der Waals surface area contributed by atoms with Crippen LogP contribution < -0.4 is 5.32 Å². The van der Waals surface area contributed by atoms with Crippen LogP contribution in [0.4, 0.5) is 5.69 Å². The van der Waals surface area contributed by atoms with E-state index in [4.69, 9.17) is 0 Å². The fourth-order valence-corrected chi connectivity index (χ4v) is 2.07. The average Bonchev–Trinajstić information content (AvgIpc) is 2.59. The van der Waals surface area contributed by atoms with E-state index < -0.39 is 0 Å². The first-order valence-electron chi connectivity index (χ1n) is 7.95. The highest BCUT2D eigenvalue weighted by atomic mass is 14.9. The maximum atomic E-state index is 3.48. The lowest BCUT2D eigenvalue weighted by molar-refractivity contribution is 1.02. The predicted octanol–water partition coefficient (Wildman–Crippen LogP) is 5.59.